The van der Waals surface area contributed by atoms with Crippen molar-refractivity contribution < 1.29 is 4.79 Å². The Hall–Kier alpha value is -1.36. The average molecular weight is 180 g/mol. The van der Waals surface area contributed by atoms with Gasteiger partial charge < -0.3 is 10.6 Å². The van der Waals surface area contributed by atoms with Crippen molar-refractivity contribution >= 4 is 11.6 Å². The van der Waals surface area contributed by atoms with E-state index in [0.717, 1.165) is 5.69 Å². The van der Waals surface area contributed by atoms with E-state index in [1.165, 1.54) is 0 Å². The molecule has 0 aromatic carbocycles. The number of aryl methyl sites for hydroxylation is 1. The number of nitrogens with two attached hydrogens (primary N) is 1. The molecule has 5 heteroatoms. The Bertz CT molecular complexity index is 333. The number of carbonyl (C=O) groups excluding carboxylic acids is 1. The molecule has 1 amide bonds. The Balaban J connectivity index is 2.22. The van der Waals surface area contributed by atoms with Gasteiger partial charge in [0, 0.05) is 32.3 Å². The molecule has 2 N–H and O–H groups in total. The molecule has 5 nitrogen and oxygen atoms in total. The minimum atomic E-state index is -0.0345. The smallest absolute Gasteiger partial charge is 0.228 e. The number of hydrogen-bond donors (Lipinski definition) is 1. The van der Waals surface area contributed by atoms with Crippen molar-refractivity contribution in [1.82, 2.24) is 9.78 Å². The van der Waals surface area contributed by atoms with Gasteiger partial charge in [0.15, 0.2) is 0 Å². The van der Waals surface area contributed by atoms with Gasteiger partial charge in [-0.05, 0) is 0 Å². The zero-order valence-corrected chi connectivity index (χ0v) is 7.47. The first-order valence-corrected chi connectivity index (χ1v) is 4.21. The molecular weight excluding hydrogens is 168 g/mol. The maximum Gasteiger partial charge on any atom is 0.228 e. The zero-order chi connectivity index (χ0) is 9.42. The number of carbonyl (C=O) groups is 1. The van der Waals surface area contributed by atoms with Crippen LogP contribution in [-0.2, 0) is 11.8 Å². The van der Waals surface area contributed by atoms with Gasteiger partial charge in [-0.2, -0.15) is 5.10 Å². The molecule has 1 saturated heterocycles. The zero-order valence-electron chi connectivity index (χ0n) is 7.47. The highest BCUT2D eigenvalue weighted by molar-refractivity contribution is 5.95. The molecule has 2 rings (SSSR count). The van der Waals surface area contributed by atoms with Gasteiger partial charge in [-0.15, -0.1) is 0 Å². The molecule has 1 unspecified atom stereocenters. The molecule has 0 radical (unpaired) electrons. The third-order valence-electron chi connectivity index (χ3n) is 2.16. The molecule has 1 aromatic heterocycles. The summed E-state index contributed by atoms with van der Waals surface area (Å²) in [6.45, 7) is 0.602. The summed E-state index contributed by atoms with van der Waals surface area (Å²) in [6.07, 6.45) is 3.93. The first-order valence-electron chi connectivity index (χ1n) is 4.21. The van der Waals surface area contributed by atoms with Crippen molar-refractivity contribution in [1.29, 1.82) is 0 Å². The monoisotopic (exact) mass is 180 g/mol. The molecule has 70 valence electrons. The molecule has 0 aliphatic carbocycles. The lowest BCUT2D eigenvalue weighted by molar-refractivity contribution is -0.117. The van der Waals surface area contributed by atoms with E-state index in [4.69, 9.17) is 5.73 Å². The molecule has 1 aliphatic heterocycles. The molecule has 13 heavy (non-hydrogen) atoms. The number of aromatic nitrogens is 2. The number of nitrogens with zero attached hydrogens (tertiary/aromatic N) is 3. The second kappa shape index (κ2) is 2.85. The Morgan fingerprint density at radius 3 is 2.92 bits per heavy atom. The van der Waals surface area contributed by atoms with Crippen molar-refractivity contribution in [2.24, 2.45) is 12.8 Å². The number of anilines is 1. The molecule has 1 aromatic rings. The van der Waals surface area contributed by atoms with E-state index in [9.17, 15) is 4.79 Å². The van der Waals surface area contributed by atoms with E-state index in [2.05, 4.69) is 5.10 Å². The molecular formula is C8H12N4O. The van der Waals surface area contributed by atoms with Gasteiger partial charge in [-0.1, -0.05) is 0 Å². The first kappa shape index (κ1) is 8.25. The number of amides is 1. The lowest BCUT2D eigenvalue weighted by Gasteiger charge is -2.12. The minimum absolute atomic E-state index is 0.0345. The van der Waals surface area contributed by atoms with Crippen LogP contribution in [0.1, 0.15) is 6.42 Å². The summed E-state index contributed by atoms with van der Waals surface area (Å²) < 4.78 is 1.67. The van der Waals surface area contributed by atoms with Gasteiger partial charge >= 0.3 is 0 Å². The van der Waals surface area contributed by atoms with E-state index in [1.807, 2.05) is 13.2 Å². The Morgan fingerprint density at radius 2 is 2.46 bits per heavy atom. The maximum atomic E-state index is 11.4. The van der Waals surface area contributed by atoms with E-state index in [-0.39, 0.29) is 11.9 Å². The first-order chi connectivity index (χ1) is 6.16. The van der Waals surface area contributed by atoms with E-state index in [0.29, 0.717) is 13.0 Å². The summed E-state index contributed by atoms with van der Waals surface area (Å²) >= 11 is 0. The SMILES string of the molecule is Cn1cc(N2CC(N)CC2=O)cn1. The number of rotatable bonds is 1. The lowest BCUT2D eigenvalue weighted by Crippen LogP contribution is -2.27. The van der Waals surface area contributed by atoms with Crippen molar-refractivity contribution in [3.8, 4) is 0 Å². The average Bonchev–Trinajstić information content (AvgIpc) is 2.58. The van der Waals surface area contributed by atoms with Crippen LogP contribution in [0, 0.1) is 0 Å². The van der Waals surface area contributed by atoms with Crippen LogP contribution >= 0.6 is 0 Å². The normalized spacial score (nSPS) is 22.8. The van der Waals surface area contributed by atoms with Gasteiger partial charge in [0.05, 0.1) is 11.9 Å². The summed E-state index contributed by atoms with van der Waals surface area (Å²) in [5.41, 5.74) is 6.50. The van der Waals surface area contributed by atoms with E-state index < -0.39 is 0 Å². The summed E-state index contributed by atoms with van der Waals surface area (Å²) in [5.74, 6) is 0.0838. The van der Waals surface area contributed by atoms with Crippen LogP contribution in [0.15, 0.2) is 12.4 Å². The van der Waals surface area contributed by atoms with Crippen LogP contribution in [-0.4, -0.2) is 28.3 Å². The van der Waals surface area contributed by atoms with Crippen molar-refractivity contribution in [3.63, 3.8) is 0 Å². The summed E-state index contributed by atoms with van der Waals surface area (Å²) in [5, 5.41) is 4.00. The molecule has 1 aliphatic rings. The Morgan fingerprint density at radius 1 is 1.69 bits per heavy atom. The summed E-state index contributed by atoms with van der Waals surface area (Å²) in [4.78, 5) is 13.1. The lowest BCUT2D eigenvalue weighted by atomic mass is 10.3. The highest BCUT2D eigenvalue weighted by atomic mass is 16.2. The number of hydrogen-bond acceptors (Lipinski definition) is 3. The van der Waals surface area contributed by atoms with Crippen LogP contribution in [0.25, 0.3) is 0 Å². The molecule has 0 spiro atoms. The van der Waals surface area contributed by atoms with Gasteiger partial charge in [-0.3, -0.25) is 9.48 Å². The predicted molar refractivity (Wildman–Crippen MR) is 48.2 cm³/mol. The van der Waals surface area contributed by atoms with E-state index in [1.54, 1.807) is 15.8 Å². The van der Waals surface area contributed by atoms with Crippen LogP contribution in [0.5, 0.6) is 0 Å². The molecule has 1 atom stereocenters. The van der Waals surface area contributed by atoms with Crippen molar-refractivity contribution in [2.45, 2.75) is 12.5 Å². The summed E-state index contributed by atoms with van der Waals surface area (Å²) in [6, 6.07) is -0.0345. The third-order valence-corrected chi connectivity index (χ3v) is 2.16. The Kier molecular flexibility index (Phi) is 1.81. The largest absolute Gasteiger partial charge is 0.326 e. The standard InChI is InChI=1S/C8H12N4O/c1-11-5-7(3-10-11)12-4-6(9)2-8(12)13/h3,5-6H,2,4,9H2,1H3. The van der Waals surface area contributed by atoms with Gasteiger partial charge in [0.1, 0.15) is 0 Å². The summed E-state index contributed by atoms with van der Waals surface area (Å²) in [7, 11) is 1.82. The topological polar surface area (TPSA) is 64.2 Å². The maximum absolute atomic E-state index is 11.4. The van der Waals surface area contributed by atoms with Crippen molar-refractivity contribution in [3.05, 3.63) is 12.4 Å². The van der Waals surface area contributed by atoms with Crippen LogP contribution < -0.4 is 10.6 Å². The molecule has 0 saturated carbocycles. The minimum Gasteiger partial charge on any atom is -0.326 e. The second-order valence-corrected chi connectivity index (χ2v) is 3.34. The van der Waals surface area contributed by atoms with Gasteiger partial charge in [-0.25, -0.2) is 0 Å². The van der Waals surface area contributed by atoms with Gasteiger partial charge in [0.2, 0.25) is 5.91 Å². The van der Waals surface area contributed by atoms with E-state index >= 15 is 0 Å². The third kappa shape index (κ3) is 1.42. The van der Waals surface area contributed by atoms with Crippen molar-refractivity contribution in [2.75, 3.05) is 11.4 Å². The molecule has 2 heterocycles. The van der Waals surface area contributed by atoms with Gasteiger partial charge in [0.25, 0.3) is 0 Å². The van der Waals surface area contributed by atoms with Crippen LogP contribution in [0.4, 0.5) is 5.69 Å². The fourth-order valence-corrected chi connectivity index (χ4v) is 1.53. The Labute approximate surface area is 76.1 Å². The fraction of sp³-hybridized carbons (Fsp3) is 0.500. The highest BCUT2D eigenvalue weighted by Gasteiger charge is 2.28. The fourth-order valence-electron chi connectivity index (χ4n) is 1.53. The second-order valence-electron chi connectivity index (χ2n) is 3.34. The van der Waals surface area contributed by atoms with Crippen LogP contribution in [0.2, 0.25) is 0 Å². The predicted octanol–water partition coefficient (Wildman–Crippen LogP) is -0.516. The van der Waals surface area contributed by atoms with Crippen LogP contribution in [0.3, 0.4) is 0 Å². The highest BCUT2D eigenvalue weighted by Crippen LogP contribution is 2.19. The molecule has 1 fully saturated rings. The molecule has 0 bridgehead atoms. The quantitative estimate of drug-likeness (QED) is 0.632.